The van der Waals surface area contributed by atoms with Crippen LogP contribution in [0.5, 0.6) is 0 Å². The van der Waals surface area contributed by atoms with Crippen molar-refractivity contribution in [3.05, 3.63) is 35.5 Å². The fourth-order valence-corrected chi connectivity index (χ4v) is 6.90. The predicted molar refractivity (Wildman–Crippen MR) is 129 cm³/mol. The molecule has 3 aliphatic rings. The maximum atomic E-state index is 10.3. The molecule has 0 aromatic carbocycles. The first kappa shape index (κ1) is 24.7. The van der Waals surface area contributed by atoms with Gasteiger partial charge in [0.15, 0.2) is 0 Å². The molecule has 0 heterocycles. The largest absolute Gasteiger partial charge is 0.390 e. The molecule has 3 heteroatoms. The van der Waals surface area contributed by atoms with Crippen molar-refractivity contribution in [2.75, 3.05) is 7.11 Å². The van der Waals surface area contributed by atoms with E-state index in [4.69, 9.17) is 4.74 Å². The number of hydrogen-bond acceptors (Lipinski definition) is 3. The van der Waals surface area contributed by atoms with E-state index in [1.54, 1.807) is 12.7 Å². The molecule has 3 saturated carbocycles. The van der Waals surface area contributed by atoms with Gasteiger partial charge in [-0.2, -0.15) is 0 Å². The van der Waals surface area contributed by atoms with Crippen LogP contribution in [0.1, 0.15) is 91.9 Å². The Morgan fingerprint density at radius 3 is 2.71 bits per heavy atom. The number of fused-ring (bicyclic) bond motifs is 1. The Bertz CT molecular complexity index is 698. The van der Waals surface area contributed by atoms with Gasteiger partial charge in [-0.05, 0) is 93.1 Å². The molecule has 176 valence electrons. The first-order chi connectivity index (χ1) is 14.5. The van der Waals surface area contributed by atoms with Crippen molar-refractivity contribution in [2.45, 2.75) is 110 Å². The second-order valence-electron chi connectivity index (χ2n) is 11.5. The molecule has 0 radical (unpaired) electrons. The van der Waals surface area contributed by atoms with E-state index in [1.165, 1.54) is 38.5 Å². The van der Waals surface area contributed by atoms with Crippen LogP contribution in [0.4, 0.5) is 0 Å². The smallest absolute Gasteiger partial charge is 0.0811 e. The fraction of sp³-hybridized carbons (Fsp3) is 0.786. The minimum atomic E-state index is -0.547. The summed E-state index contributed by atoms with van der Waals surface area (Å²) in [7, 11) is 1.73. The van der Waals surface area contributed by atoms with Crippen molar-refractivity contribution >= 4 is 0 Å². The number of rotatable bonds is 7. The molecule has 3 fully saturated rings. The molecule has 31 heavy (non-hydrogen) atoms. The van der Waals surface area contributed by atoms with Crippen molar-refractivity contribution in [3.63, 3.8) is 0 Å². The average molecular weight is 431 g/mol. The molecular weight excluding hydrogens is 384 g/mol. The maximum Gasteiger partial charge on any atom is 0.0811 e. The van der Waals surface area contributed by atoms with Crippen LogP contribution in [0.2, 0.25) is 0 Å². The minimum absolute atomic E-state index is 0.0855. The highest BCUT2D eigenvalue weighted by atomic mass is 16.5. The van der Waals surface area contributed by atoms with Crippen LogP contribution in [0.25, 0.3) is 0 Å². The average Bonchev–Trinajstić information content (AvgIpc) is 3.05. The number of allylic oxidation sites excluding steroid dienone is 3. The molecule has 3 rings (SSSR count). The highest BCUT2D eigenvalue weighted by Crippen LogP contribution is 2.60. The molecule has 0 amide bonds. The molecule has 2 N–H and O–H groups in total. The van der Waals surface area contributed by atoms with E-state index in [0.29, 0.717) is 23.7 Å². The zero-order valence-corrected chi connectivity index (χ0v) is 20.6. The lowest BCUT2D eigenvalue weighted by molar-refractivity contribution is 0.0470. The van der Waals surface area contributed by atoms with Crippen molar-refractivity contribution < 1.29 is 14.9 Å². The van der Waals surface area contributed by atoms with Crippen LogP contribution in [0.15, 0.2) is 35.5 Å². The summed E-state index contributed by atoms with van der Waals surface area (Å²) in [6.07, 6.45) is 15.4. The van der Waals surface area contributed by atoms with Crippen molar-refractivity contribution in [3.8, 4) is 0 Å². The summed E-state index contributed by atoms with van der Waals surface area (Å²) in [6.45, 7) is 13.0. The lowest BCUT2D eigenvalue weighted by atomic mass is 9.60. The Labute approximate surface area is 190 Å². The standard InChI is InChI=1S/C28H46O3/c1-19(9-7-15-27(3,4)30)24-13-14-25-21(10-8-16-28(24,25)5)11-12-22-17-23(31-6)18-26(29)20(22)2/h11-12,19,23-26,29-30H,2,7-10,13-18H2,1,3-6H3/b21-11+,22-12-/t19-,23-,24-,25+,26+,28-/m1/s1. The summed E-state index contributed by atoms with van der Waals surface area (Å²) in [6, 6.07) is 0. The molecular formula is C28H46O3. The van der Waals surface area contributed by atoms with Gasteiger partial charge in [0, 0.05) is 13.5 Å². The molecule has 0 aliphatic heterocycles. The molecule has 0 aromatic heterocycles. The van der Waals surface area contributed by atoms with Crippen LogP contribution < -0.4 is 0 Å². The zero-order valence-electron chi connectivity index (χ0n) is 20.6. The lowest BCUT2D eigenvalue weighted by Gasteiger charge is -2.44. The Morgan fingerprint density at radius 1 is 1.29 bits per heavy atom. The van der Waals surface area contributed by atoms with E-state index < -0.39 is 11.7 Å². The topological polar surface area (TPSA) is 49.7 Å². The van der Waals surface area contributed by atoms with Crippen LogP contribution in [-0.4, -0.2) is 35.1 Å². The molecule has 0 saturated heterocycles. The number of methoxy groups -OCH3 is 1. The quantitative estimate of drug-likeness (QED) is 0.494. The van der Waals surface area contributed by atoms with Crippen molar-refractivity contribution in [2.24, 2.45) is 23.2 Å². The predicted octanol–water partition coefficient (Wildman–Crippen LogP) is 6.36. The Hall–Kier alpha value is -0.900. The molecule has 6 atom stereocenters. The first-order valence-corrected chi connectivity index (χ1v) is 12.6. The van der Waals surface area contributed by atoms with Gasteiger partial charge < -0.3 is 14.9 Å². The third kappa shape index (κ3) is 5.72. The highest BCUT2D eigenvalue weighted by molar-refractivity contribution is 5.38. The van der Waals surface area contributed by atoms with E-state index >= 15 is 0 Å². The minimum Gasteiger partial charge on any atom is -0.390 e. The monoisotopic (exact) mass is 430 g/mol. The second kappa shape index (κ2) is 9.93. The third-order valence-electron chi connectivity index (χ3n) is 8.75. The van der Waals surface area contributed by atoms with Gasteiger partial charge in [0.1, 0.15) is 0 Å². The van der Waals surface area contributed by atoms with Crippen molar-refractivity contribution in [1.82, 2.24) is 0 Å². The third-order valence-corrected chi connectivity index (χ3v) is 8.75. The van der Waals surface area contributed by atoms with Gasteiger partial charge in [-0.15, -0.1) is 0 Å². The van der Waals surface area contributed by atoms with Crippen LogP contribution in [-0.2, 0) is 4.74 Å². The van der Waals surface area contributed by atoms with Gasteiger partial charge in [0.25, 0.3) is 0 Å². The Morgan fingerprint density at radius 2 is 2.03 bits per heavy atom. The van der Waals surface area contributed by atoms with Gasteiger partial charge in [-0.25, -0.2) is 0 Å². The summed E-state index contributed by atoms with van der Waals surface area (Å²) in [4.78, 5) is 0. The van der Waals surface area contributed by atoms with Crippen LogP contribution >= 0.6 is 0 Å². The molecule has 0 spiro atoms. The van der Waals surface area contributed by atoms with E-state index in [1.807, 2.05) is 13.8 Å². The summed E-state index contributed by atoms with van der Waals surface area (Å²) in [5, 5.41) is 20.4. The van der Waals surface area contributed by atoms with Gasteiger partial charge in [-0.1, -0.05) is 51.0 Å². The first-order valence-electron chi connectivity index (χ1n) is 12.6. The van der Waals surface area contributed by atoms with Gasteiger partial charge in [-0.3, -0.25) is 0 Å². The summed E-state index contributed by atoms with van der Waals surface area (Å²) in [5.41, 5.74) is 3.48. The molecule has 0 aromatic rings. The van der Waals surface area contributed by atoms with Gasteiger partial charge in [0.2, 0.25) is 0 Å². The number of hydrogen-bond donors (Lipinski definition) is 2. The van der Waals surface area contributed by atoms with E-state index in [9.17, 15) is 10.2 Å². The zero-order chi connectivity index (χ0) is 22.8. The lowest BCUT2D eigenvalue weighted by Crippen LogP contribution is -2.36. The Kier molecular flexibility index (Phi) is 7.92. The normalized spacial score (nSPS) is 38.0. The number of ether oxygens (including phenoxy) is 1. The van der Waals surface area contributed by atoms with E-state index in [2.05, 4.69) is 32.6 Å². The van der Waals surface area contributed by atoms with Gasteiger partial charge in [0.05, 0.1) is 17.8 Å². The van der Waals surface area contributed by atoms with Gasteiger partial charge >= 0.3 is 0 Å². The summed E-state index contributed by atoms with van der Waals surface area (Å²) < 4.78 is 5.53. The fourth-order valence-electron chi connectivity index (χ4n) is 6.90. The SMILES string of the molecule is C=C1/C(=C\C=C2/CCC[C@]3(C)[C@@H]([C@H](C)CCCC(C)(C)O)CC[C@@H]23)C[C@@H](OC)C[C@@H]1O. The van der Waals surface area contributed by atoms with Crippen molar-refractivity contribution in [1.29, 1.82) is 0 Å². The summed E-state index contributed by atoms with van der Waals surface area (Å²) in [5.74, 6) is 2.17. The van der Waals surface area contributed by atoms with Crippen LogP contribution in [0.3, 0.4) is 0 Å². The number of aliphatic hydroxyl groups is 2. The maximum absolute atomic E-state index is 10.3. The summed E-state index contributed by atoms with van der Waals surface area (Å²) >= 11 is 0. The number of aliphatic hydroxyl groups excluding tert-OH is 1. The molecule has 3 aliphatic carbocycles. The molecule has 0 bridgehead atoms. The highest BCUT2D eigenvalue weighted by Gasteiger charge is 2.50. The molecule has 0 unspecified atom stereocenters. The molecule has 3 nitrogen and oxygen atoms in total. The van der Waals surface area contributed by atoms with E-state index in [-0.39, 0.29) is 6.10 Å². The van der Waals surface area contributed by atoms with Crippen LogP contribution in [0, 0.1) is 23.2 Å². The van der Waals surface area contributed by atoms with E-state index in [0.717, 1.165) is 36.3 Å². The second-order valence-corrected chi connectivity index (χ2v) is 11.5. The Balaban J connectivity index is 1.71.